The molecule has 4 nitrogen and oxygen atoms in total. The van der Waals surface area contributed by atoms with Crippen LogP contribution >= 0.6 is 11.3 Å². The molecule has 0 aliphatic carbocycles. The van der Waals surface area contributed by atoms with Gasteiger partial charge in [-0.2, -0.15) is 0 Å². The van der Waals surface area contributed by atoms with Crippen LogP contribution in [0.25, 0.3) is 0 Å². The van der Waals surface area contributed by atoms with Gasteiger partial charge in [0.25, 0.3) is 5.91 Å². The van der Waals surface area contributed by atoms with Gasteiger partial charge in [-0.05, 0) is 26.3 Å². The van der Waals surface area contributed by atoms with Gasteiger partial charge < -0.3 is 4.74 Å². The van der Waals surface area contributed by atoms with Crippen LogP contribution in [-0.4, -0.2) is 17.0 Å². The molecule has 1 N–H and O–H groups in total. The monoisotopic (exact) mass is 290 g/mol. The van der Waals surface area contributed by atoms with Crippen molar-refractivity contribution in [1.29, 1.82) is 0 Å². The number of thiazole rings is 1. The lowest BCUT2D eigenvalue weighted by Crippen LogP contribution is -2.27. The summed E-state index contributed by atoms with van der Waals surface area (Å²) in [5, 5.41) is 3.41. The van der Waals surface area contributed by atoms with Crippen LogP contribution in [0.15, 0.2) is 30.3 Å². The first-order valence-corrected chi connectivity index (χ1v) is 7.28. The molecule has 0 aliphatic rings. The third kappa shape index (κ3) is 3.88. The Morgan fingerprint density at radius 3 is 2.65 bits per heavy atom. The smallest absolute Gasteiger partial charge is 0.255 e. The van der Waals surface area contributed by atoms with Crippen molar-refractivity contribution in [3.63, 3.8) is 0 Å². The highest BCUT2D eigenvalue weighted by molar-refractivity contribution is 7.15. The van der Waals surface area contributed by atoms with Crippen molar-refractivity contribution < 1.29 is 9.53 Å². The Hall–Kier alpha value is -1.72. The molecule has 0 saturated carbocycles. The third-order valence-electron chi connectivity index (χ3n) is 2.97. The summed E-state index contributed by atoms with van der Waals surface area (Å²) >= 11 is 1.48. The number of hydrogen-bond acceptors (Lipinski definition) is 4. The molecule has 1 aromatic heterocycles. The van der Waals surface area contributed by atoms with Gasteiger partial charge in [-0.25, -0.2) is 4.98 Å². The molecule has 2 aromatic rings. The van der Waals surface area contributed by atoms with E-state index in [1.54, 1.807) is 6.92 Å². The molecule has 0 spiro atoms. The van der Waals surface area contributed by atoms with Crippen molar-refractivity contribution in [3.05, 3.63) is 46.5 Å². The summed E-state index contributed by atoms with van der Waals surface area (Å²) in [5.74, 6) is -0.172. The number of aryl methyl sites for hydroxylation is 2. The van der Waals surface area contributed by atoms with E-state index in [1.165, 1.54) is 11.3 Å². The van der Waals surface area contributed by atoms with Gasteiger partial charge >= 0.3 is 0 Å². The number of ether oxygens (including phenoxy) is 1. The summed E-state index contributed by atoms with van der Waals surface area (Å²) < 4.78 is 5.56. The van der Waals surface area contributed by atoms with Crippen molar-refractivity contribution in [2.45, 2.75) is 33.5 Å². The minimum Gasteiger partial charge on any atom is -0.364 e. The minimum atomic E-state index is -0.514. The van der Waals surface area contributed by atoms with Gasteiger partial charge in [0, 0.05) is 4.88 Å². The number of carbonyl (C=O) groups is 1. The van der Waals surface area contributed by atoms with E-state index >= 15 is 0 Å². The zero-order valence-electron chi connectivity index (χ0n) is 11.8. The molecule has 106 valence electrons. The fourth-order valence-corrected chi connectivity index (χ4v) is 2.42. The van der Waals surface area contributed by atoms with Crippen LogP contribution in [0.5, 0.6) is 0 Å². The number of nitrogens with zero attached hydrogens (tertiary/aromatic N) is 1. The SMILES string of the molecule is Cc1nc(NC(=O)[C@H](C)OCc2ccccc2)sc1C. The molecule has 1 aromatic carbocycles. The Morgan fingerprint density at radius 2 is 2.05 bits per heavy atom. The fourth-order valence-electron chi connectivity index (χ4n) is 1.60. The van der Waals surface area contributed by atoms with Crippen molar-refractivity contribution in [3.8, 4) is 0 Å². The quantitative estimate of drug-likeness (QED) is 0.919. The van der Waals surface area contributed by atoms with E-state index in [1.807, 2.05) is 44.2 Å². The van der Waals surface area contributed by atoms with Crippen LogP contribution in [-0.2, 0) is 16.1 Å². The number of rotatable bonds is 5. The fraction of sp³-hybridized carbons (Fsp3) is 0.333. The Kier molecular flexibility index (Phi) is 4.87. The summed E-state index contributed by atoms with van der Waals surface area (Å²) in [6.07, 6.45) is -0.514. The molecule has 0 unspecified atom stereocenters. The Bertz CT molecular complexity index is 561. The maximum atomic E-state index is 12.0. The van der Waals surface area contributed by atoms with Crippen molar-refractivity contribution >= 4 is 22.4 Å². The number of carbonyl (C=O) groups excluding carboxylic acids is 1. The molecule has 0 radical (unpaired) electrons. The topological polar surface area (TPSA) is 51.2 Å². The summed E-state index contributed by atoms with van der Waals surface area (Å²) in [6, 6.07) is 9.79. The van der Waals surface area contributed by atoms with Crippen LogP contribution in [0, 0.1) is 13.8 Å². The van der Waals surface area contributed by atoms with Gasteiger partial charge in [0.2, 0.25) is 0 Å². The molecule has 2 rings (SSSR count). The number of nitrogens with one attached hydrogen (secondary N) is 1. The Morgan fingerprint density at radius 1 is 1.35 bits per heavy atom. The van der Waals surface area contributed by atoms with Crippen molar-refractivity contribution in [2.24, 2.45) is 0 Å². The molecular formula is C15H18N2O2S. The predicted molar refractivity (Wildman–Crippen MR) is 80.9 cm³/mol. The number of aromatic nitrogens is 1. The van der Waals surface area contributed by atoms with E-state index in [-0.39, 0.29) is 5.91 Å². The number of amides is 1. The van der Waals surface area contributed by atoms with Gasteiger partial charge in [-0.15, -0.1) is 11.3 Å². The summed E-state index contributed by atoms with van der Waals surface area (Å²) in [5.41, 5.74) is 2.00. The van der Waals surface area contributed by atoms with Crippen LogP contribution in [0.1, 0.15) is 23.1 Å². The highest BCUT2D eigenvalue weighted by atomic mass is 32.1. The lowest BCUT2D eigenvalue weighted by atomic mass is 10.2. The van der Waals surface area contributed by atoms with E-state index in [0.29, 0.717) is 11.7 Å². The van der Waals surface area contributed by atoms with Crippen LogP contribution in [0.4, 0.5) is 5.13 Å². The largest absolute Gasteiger partial charge is 0.364 e. The van der Waals surface area contributed by atoms with E-state index in [0.717, 1.165) is 16.1 Å². The van der Waals surface area contributed by atoms with E-state index in [4.69, 9.17) is 4.74 Å². The molecule has 0 fully saturated rings. The normalized spacial score (nSPS) is 12.2. The Balaban J connectivity index is 1.86. The predicted octanol–water partition coefficient (Wildman–Crippen LogP) is 3.30. The first kappa shape index (κ1) is 14.7. The molecule has 0 bridgehead atoms. The molecule has 1 amide bonds. The van der Waals surface area contributed by atoms with Gasteiger partial charge in [0.05, 0.1) is 12.3 Å². The van der Waals surface area contributed by atoms with Crippen LogP contribution in [0.2, 0.25) is 0 Å². The highest BCUT2D eigenvalue weighted by Crippen LogP contribution is 2.21. The molecular weight excluding hydrogens is 272 g/mol. The molecule has 20 heavy (non-hydrogen) atoms. The maximum absolute atomic E-state index is 12.0. The summed E-state index contributed by atoms with van der Waals surface area (Å²) in [7, 11) is 0. The van der Waals surface area contributed by atoms with Gasteiger partial charge in [-0.3, -0.25) is 10.1 Å². The molecule has 1 atom stereocenters. The average Bonchev–Trinajstić information content (AvgIpc) is 2.75. The van der Waals surface area contributed by atoms with E-state index in [9.17, 15) is 4.79 Å². The lowest BCUT2D eigenvalue weighted by molar-refractivity contribution is -0.127. The standard InChI is InChI=1S/C15H18N2O2S/c1-10-12(3)20-15(16-10)17-14(18)11(2)19-9-13-7-5-4-6-8-13/h4-8,11H,9H2,1-3H3,(H,16,17,18)/t11-/m0/s1. The lowest BCUT2D eigenvalue weighted by Gasteiger charge is -2.12. The second-order valence-corrected chi connectivity index (χ2v) is 5.79. The van der Waals surface area contributed by atoms with Crippen LogP contribution < -0.4 is 5.32 Å². The average molecular weight is 290 g/mol. The molecule has 0 aliphatic heterocycles. The van der Waals surface area contributed by atoms with Crippen molar-refractivity contribution in [1.82, 2.24) is 4.98 Å². The van der Waals surface area contributed by atoms with Gasteiger partial charge in [-0.1, -0.05) is 30.3 Å². The van der Waals surface area contributed by atoms with Crippen LogP contribution in [0.3, 0.4) is 0 Å². The van der Waals surface area contributed by atoms with Crippen molar-refractivity contribution in [2.75, 3.05) is 5.32 Å². The minimum absolute atomic E-state index is 0.172. The van der Waals surface area contributed by atoms with Gasteiger partial charge in [0.1, 0.15) is 6.10 Å². The number of hydrogen-bond donors (Lipinski definition) is 1. The second kappa shape index (κ2) is 6.63. The zero-order chi connectivity index (χ0) is 14.5. The maximum Gasteiger partial charge on any atom is 0.255 e. The second-order valence-electron chi connectivity index (χ2n) is 4.59. The summed E-state index contributed by atoms with van der Waals surface area (Å²) in [6.45, 7) is 6.08. The number of benzene rings is 1. The van der Waals surface area contributed by atoms with Gasteiger partial charge in [0.15, 0.2) is 5.13 Å². The van der Waals surface area contributed by atoms with E-state index in [2.05, 4.69) is 10.3 Å². The first-order chi connectivity index (χ1) is 9.56. The van der Waals surface area contributed by atoms with E-state index < -0.39 is 6.10 Å². The molecule has 1 heterocycles. The summed E-state index contributed by atoms with van der Waals surface area (Å²) in [4.78, 5) is 17.4. The molecule has 5 heteroatoms. The zero-order valence-corrected chi connectivity index (χ0v) is 12.7. The third-order valence-corrected chi connectivity index (χ3v) is 3.96. The highest BCUT2D eigenvalue weighted by Gasteiger charge is 2.15. The molecule has 0 saturated heterocycles. The Labute approximate surface area is 122 Å². The number of anilines is 1. The first-order valence-electron chi connectivity index (χ1n) is 6.46.